The molecule has 0 bridgehead atoms. The summed E-state index contributed by atoms with van der Waals surface area (Å²) in [7, 11) is 4.20. The lowest BCUT2D eigenvalue weighted by molar-refractivity contribution is 0.310. The van der Waals surface area contributed by atoms with E-state index in [0.29, 0.717) is 0 Å². The van der Waals surface area contributed by atoms with Crippen LogP contribution >= 0.6 is 0 Å². The third-order valence-corrected chi connectivity index (χ3v) is 2.58. The lowest BCUT2D eigenvalue weighted by Crippen LogP contribution is -2.45. The molecule has 0 spiro atoms. The summed E-state index contributed by atoms with van der Waals surface area (Å²) >= 11 is 0. The molecule has 0 aliphatic carbocycles. The van der Waals surface area contributed by atoms with E-state index in [0.717, 1.165) is 32.1 Å². The Bertz CT molecular complexity index is 273. The summed E-state index contributed by atoms with van der Waals surface area (Å²) in [5.74, 6) is 1.09. The van der Waals surface area contributed by atoms with E-state index in [2.05, 4.69) is 26.4 Å². The Hall–Kier alpha value is -1.03. The normalized spacial score (nSPS) is 19.4. The van der Waals surface area contributed by atoms with Crippen LogP contribution in [0, 0.1) is 0 Å². The molecule has 4 heteroatoms. The first-order valence-corrected chi connectivity index (χ1v) is 4.68. The first kappa shape index (κ1) is 8.56. The first-order valence-electron chi connectivity index (χ1n) is 4.68. The van der Waals surface area contributed by atoms with Crippen molar-refractivity contribution in [2.45, 2.75) is 0 Å². The second-order valence-corrected chi connectivity index (χ2v) is 3.63. The summed E-state index contributed by atoms with van der Waals surface area (Å²) in [6.07, 6.45) is 3.85. The van der Waals surface area contributed by atoms with Crippen molar-refractivity contribution < 1.29 is 0 Å². The van der Waals surface area contributed by atoms with Crippen molar-refractivity contribution in [3.05, 3.63) is 12.4 Å². The minimum atomic E-state index is 1.08. The zero-order chi connectivity index (χ0) is 9.26. The van der Waals surface area contributed by atoms with E-state index in [4.69, 9.17) is 0 Å². The predicted octanol–water partition coefficient (Wildman–Crippen LogP) is 0.172. The number of anilines is 1. The van der Waals surface area contributed by atoms with Gasteiger partial charge in [-0.3, -0.25) is 0 Å². The van der Waals surface area contributed by atoms with E-state index < -0.39 is 0 Å². The lowest BCUT2D eigenvalue weighted by Gasteiger charge is -2.32. The molecule has 1 aromatic heterocycles. The molecule has 0 aromatic carbocycles. The molecule has 2 rings (SSSR count). The number of hydrogen-bond donors (Lipinski definition) is 0. The second-order valence-electron chi connectivity index (χ2n) is 3.63. The highest BCUT2D eigenvalue weighted by molar-refractivity contribution is 5.31. The summed E-state index contributed by atoms with van der Waals surface area (Å²) < 4.78 is 2.07. The maximum absolute atomic E-state index is 4.33. The molecule has 1 saturated heterocycles. The van der Waals surface area contributed by atoms with E-state index >= 15 is 0 Å². The lowest BCUT2D eigenvalue weighted by atomic mass is 10.3. The van der Waals surface area contributed by atoms with Gasteiger partial charge in [-0.1, -0.05) is 0 Å². The SMILES string of the molecule is CN1CCN(c2nccn2C)CC1. The van der Waals surface area contributed by atoms with Crippen LogP contribution in [0.2, 0.25) is 0 Å². The average molecular weight is 180 g/mol. The van der Waals surface area contributed by atoms with Crippen LogP contribution in [-0.2, 0) is 7.05 Å². The molecule has 0 radical (unpaired) electrons. The Kier molecular flexibility index (Phi) is 2.22. The van der Waals surface area contributed by atoms with Crippen molar-refractivity contribution in [2.24, 2.45) is 7.05 Å². The van der Waals surface area contributed by atoms with Crippen LogP contribution < -0.4 is 4.90 Å². The average Bonchev–Trinajstić information content (AvgIpc) is 2.53. The monoisotopic (exact) mass is 180 g/mol. The molecule has 2 heterocycles. The van der Waals surface area contributed by atoms with Gasteiger partial charge in [0.1, 0.15) is 0 Å². The van der Waals surface area contributed by atoms with Gasteiger partial charge < -0.3 is 14.4 Å². The summed E-state index contributed by atoms with van der Waals surface area (Å²) in [6.45, 7) is 4.43. The van der Waals surface area contributed by atoms with Gasteiger partial charge >= 0.3 is 0 Å². The molecule has 0 saturated carbocycles. The maximum atomic E-state index is 4.33. The maximum Gasteiger partial charge on any atom is 0.205 e. The van der Waals surface area contributed by atoms with Crippen molar-refractivity contribution in [3.63, 3.8) is 0 Å². The van der Waals surface area contributed by atoms with Crippen LogP contribution in [-0.4, -0.2) is 47.7 Å². The molecule has 0 amide bonds. The van der Waals surface area contributed by atoms with Gasteiger partial charge in [0.05, 0.1) is 0 Å². The highest BCUT2D eigenvalue weighted by Crippen LogP contribution is 2.11. The fourth-order valence-corrected chi connectivity index (χ4v) is 1.67. The number of aromatic nitrogens is 2. The van der Waals surface area contributed by atoms with Gasteiger partial charge in [-0.25, -0.2) is 4.98 Å². The van der Waals surface area contributed by atoms with Crippen molar-refractivity contribution in [1.29, 1.82) is 0 Å². The van der Waals surface area contributed by atoms with Crippen LogP contribution in [0.5, 0.6) is 0 Å². The molecule has 0 unspecified atom stereocenters. The fraction of sp³-hybridized carbons (Fsp3) is 0.667. The third-order valence-electron chi connectivity index (χ3n) is 2.58. The van der Waals surface area contributed by atoms with E-state index in [1.165, 1.54) is 0 Å². The summed E-state index contributed by atoms with van der Waals surface area (Å²) in [6, 6.07) is 0. The van der Waals surface area contributed by atoms with E-state index in [1.807, 2.05) is 19.4 Å². The molecule has 1 fully saturated rings. The van der Waals surface area contributed by atoms with Gasteiger partial charge in [-0.2, -0.15) is 0 Å². The third kappa shape index (κ3) is 1.67. The number of likely N-dealkylation sites (N-methyl/N-ethyl adjacent to an activating group) is 1. The van der Waals surface area contributed by atoms with Gasteiger partial charge in [0.2, 0.25) is 5.95 Å². The van der Waals surface area contributed by atoms with Gasteiger partial charge in [0, 0.05) is 45.6 Å². The highest BCUT2D eigenvalue weighted by atomic mass is 15.3. The van der Waals surface area contributed by atoms with E-state index in [-0.39, 0.29) is 0 Å². The number of aryl methyl sites for hydroxylation is 1. The molecular formula is C9H16N4. The molecular weight excluding hydrogens is 164 g/mol. The smallest absolute Gasteiger partial charge is 0.205 e. The van der Waals surface area contributed by atoms with Gasteiger partial charge in [-0.15, -0.1) is 0 Å². The van der Waals surface area contributed by atoms with Crippen LogP contribution in [0.3, 0.4) is 0 Å². The Morgan fingerprint density at radius 2 is 1.85 bits per heavy atom. The largest absolute Gasteiger partial charge is 0.340 e. The van der Waals surface area contributed by atoms with E-state index in [9.17, 15) is 0 Å². The van der Waals surface area contributed by atoms with Crippen molar-refractivity contribution in [2.75, 3.05) is 38.1 Å². The zero-order valence-electron chi connectivity index (χ0n) is 8.27. The van der Waals surface area contributed by atoms with Crippen LogP contribution in [0.1, 0.15) is 0 Å². The highest BCUT2D eigenvalue weighted by Gasteiger charge is 2.16. The van der Waals surface area contributed by atoms with Crippen LogP contribution in [0.25, 0.3) is 0 Å². The Morgan fingerprint density at radius 3 is 2.38 bits per heavy atom. The van der Waals surface area contributed by atoms with Crippen molar-refractivity contribution in [1.82, 2.24) is 14.5 Å². The molecule has 1 aliphatic rings. The van der Waals surface area contributed by atoms with Gasteiger partial charge in [0.15, 0.2) is 0 Å². The molecule has 72 valence electrons. The molecule has 1 aromatic rings. The number of nitrogens with zero attached hydrogens (tertiary/aromatic N) is 4. The zero-order valence-corrected chi connectivity index (χ0v) is 8.27. The molecule has 1 aliphatic heterocycles. The van der Waals surface area contributed by atoms with Crippen LogP contribution in [0.15, 0.2) is 12.4 Å². The quantitative estimate of drug-likeness (QED) is 0.616. The summed E-state index contributed by atoms with van der Waals surface area (Å²) in [4.78, 5) is 9.01. The second kappa shape index (κ2) is 3.38. The predicted molar refractivity (Wildman–Crippen MR) is 52.9 cm³/mol. The Morgan fingerprint density at radius 1 is 1.15 bits per heavy atom. The number of piperazine rings is 1. The van der Waals surface area contributed by atoms with Crippen molar-refractivity contribution in [3.8, 4) is 0 Å². The standard InChI is InChI=1S/C9H16N4/c1-11-5-7-13(8-6-11)9-10-3-4-12(9)2/h3-4H,5-8H2,1-2H3. The summed E-state index contributed by atoms with van der Waals surface area (Å²) in [5, 5.41) is 0. The molecule has 0 atom stereocenters. The topological polar surface area (TPSA) is 24.3 Å². The Labute approximate surface area is 78.8 Å². The van der Waals surface area contributed by atoms with Gasteiger partial charge in [-0.05, 0) is 7.05 Å². The van der Waals surface area contributed by atoms with Gasteiger partial charge in [0.25, 0.3) is 0 Å². The number of imidazole rings is 1. The fourth-order valence-electron chi connectivity index (χ4n) is 1.67. The molecule has 13 heavy (non-hydrogen) atoms. The van der Waals surface area contributed by atoms with E-state index in [1.54, 1.807) is 0 Å². The minimum absolute atomic E-state index is 1.08. The minimum Gasteiger partial charge on any atom is -0.340 e. The molecule has 0 N–H and O–H groups in total. The number of rotatable bonds is 1. The van der Waals surface area contributed by atoms with Crippen molar-refractivity contribution >= 4 is 5.95 Å². The first-order chi connectivity index (χ1) is 6.27. The van der Waals surface area contributed by atoms with Crippen LogP contribution in [0.4, 0.5) is 5.95 Å². The molecule has 4 nitrogen and oxygen atoms in total. The summed E-state index contributed by atoms with van der Waals surface area (Å²) in [5.41, 5.74) is 0. The Balaban J connectivity index is 2.06. The number of hydrogen-bond acceptors (Lipinski definition) is 3.